The van der Waals surface area contributed by atoms with Crippen LogP contribution in [0.1, 0.15) is 41.6 Å². The molecule has 0 aliphatic carbocycles. The van der Waals surface area contributed by atoms with Crippen molar-refractivity contribution in [2.45, 2.75) is 49.0 Å². The molecule has 0 radical (unpaired) electrons. The molecule has 0 spiro atoms. The summed E-state index contributed by atoms with van der Waals surface area (Å²) < 4.78 is 5.52. The standard InChI is InChI=1S/C16H18BrNO2/c17-12-8-13-2-3-14(9-12)18(13)16(19)11-1-4-15-10(7-11)5-6-20-15/h1,4,7,12-14H,2-3,5-6,8-9H2. The van der Waals surface area contributed by atoms with Crippen molar-refractivity contribution in [2.75, 3.05) is 6.61 Å². The van der Waals surface area contributed by atoms with E-state index in [0.29, 0.717) is 16.9 Å². The quantitative estimate of drug-likeness (QED) is 0.738. The number of amides is 1. The first-order chi connectivity index (χ1) is 9.72. The number of carbonyl (C=O) groups excluding carboxylic acids is 1. The number of fused-ring (bicyclic) bond motifs is 3. The van der Waals surface area contributed by atoms with Gasteiger partial charge in [0.2, 0.25) is 0 Å². The van der Waals surface area contributed by atoms with Crippen molar-refractivity contribution in [1.82, 2.24) is 4.90 Å². The average molecular weight is 336 g/mol. The third-order valence-corrected chi connectivity index (χ3v) is 5.59. The first-order valence-electron chi connectivity index (χ1n) is 7.45. The Balaban J connectivity index is 1.61. The molecule has 3 aliphatic heterocycles. The normalized spacial score (nSPS) is 31.1. The summed E-state index contributed by atoms with van der Waals surface area (Å²) in [7, 11) is 0. The molecule has 1 amide bonds. The van der Waals surface area contributed by atoms with E-state index >= 15 is 0 Å². The van der Waals surface area contributed by atoms with Crippen molar-refractivity contribution in [3.8, 4) is 5.75 Å². The highest BCUT2D eigenvalue weighted by molar-refractivity contribution is 9.09. The van der Waals surface area contributed by atoms with Gasteiger partial charge in [0.25, 0.3) is 5.91 Å². The van der Waals surface area contributed by atoms with Crippen molar-refractivity contribution in [1.29, 1.82) is 0 Å². The summed E-state index contributed by atoms with van der Waals surface area (Å²) in [5.74, 6) is 1.16. The van der Waals surface area contributed by atoms with Gasteiger partial charge in [-0.25, -0.2) is 0 Å². The second-order valence-electron chi connectivity index (χ2n) is 6.09. The van der Waals surface area contributed by atoms with Gasteiger partial charge < -0.3 is 9.64 Å². The lowest BCUT2D eigenvalue weighted by atomic mass is 10.0. The van der Waals surface area contributed by atoms with Crippen molar-refractivity contribution >= 4 is 21.8 Å². The van der Waals surface area contributed by atoms with E-state index in [-0.39, 0.29) is 5.91 Å². The van der Waals surface area contributed by atoms with Gasteiger partial charge in [-0.3, -0.25) is 4.79 Å². The highest BCUT2D eigenvalue weighted by Gasteiger charge is 2.42. The third kappa shape index (κ3) is 1.96. The van der Waals surface area contributed by atoms with Crippen LogP contribution >= 0.6 is 15.9 Å². The maximum absolute atomic E-state index is 12.8. The number of piperidine rings is 1. The number of ether oxygens (including phenoxy) is 1. The Kier molecular flexibility index (Phi) is 3.02. The van der Waals surface area contributed by atoms with Crippen LogP contribution in [0.3, 0.4) is 0 Å². The Morgan fingerprint density at radius 3 is 2.75 bits per heavy atom. The lowest BCUT2D eigenvalue weighted by molar-refractivity contribution is 0.0603. The Morgan fingerprint density at radius 2 is 2.00 bits per heavy atom. The zero-order valence-corrected chi connectivity index (χ0v) is 12.9. The van der Waals surface area contributed by atoms with Crippen molar-refractivity contribution in [3.05, 3.63) is 29.3 Å². The summed E-state index contributed by atoms with van der Waals surface area (Å²) >= 11 is 3.73. The van der Waals surface area contributed by atoms with E-state index in [1.165, 1.54) is 5.56 Å². The Labute approximate surface area is 127 Å². The van der Waals surface area contributed by atoms with Gasteiger partial charge in [0, 0.05) is 28.9 Å². The lowest BCUT2D eigenvalue weighted by Crippen LogP contribution is -2.46. The van der Waals surface area contributed by atoms with Crippen molar-refractivity contribution < 1.29 is 9.53 Å². The van der Waals surface area contributed by atoms with Crippen LogP contribution in [-0.4, -0.2) is 34.3 Å². The van der Waals surface area contributed by atoms with E-state index in [1.54, 1.807) is 0 Å². The predicted octanol–water partition coefficient (Wildman–Crippen LogP) is 3.15. The number of benzene rings is 1. The van der Waals surface area contributed by atoms with Crippen molar-refractivity contribution in [2.24, 2.45) is 0 Å². The minimum absolute atomic E-state index is 0.214. The van der Waals surface area contributed by atoms with E-state index in [4.69, 9.17) is 4.74 Å². The van der Waals surface area contributed by atoms with E-state index in [9.17, 15) is 4.79 Å². The molecule has 0 saturated carbocycles. The van der Waals surface area contributed by atoms with Crippen LogP contribution in [-0.2, 0) is 6.42 Å². The molecule has 1 aromatic rings. The van der Waals surface area contributed by atoms with E-state index < -0.39 is 0 Å². The third-order valence-electron chi connectivity index (χ3n) is 4.85. The summed E-state index contributed by atoms with van der Waals surface area (Å²) in [6.45, 7) is 0.743. The number of alkyl halides is 1. The van der Waals surface area contributed by atoms with Gasteiger partial charge in [-0.15, -0.1) is 0 Å². The van der Waals surface area contributed by atoms with Gasteiger partial charge >= 0.3 is 0 Å². The van der Waals surface area contributed by atoms with Gasteiger partial charge in [-0.2, -0.15) is 0 Å². The average Bonchev–Trinajstić information content (AvgIpc) is 3.00. The van der Waals surface area contributed by atoms with Crippen LogP contribution in [0, 0.1) is 0 Å². The topological polar surface area (TPSA) is 29.5 Å². The monoisotopic (exact) mass is 335 g/mol. The fourth-order valence-electron chi connectivity index (χ4n) is 3.91. The molecule has 0 aromatic heterocycles. The van der Waals surface area contributed by atoms with Gasteiger partial charge in [0.05, 0.1) is 6.61 Å². The summed E-state index contributed by atoms with van der Waals surface area (Å²) in [5, 5.41) is 0. The van der Waals surface area contributed by atoms with Gasteiger partial charge in [-0.1, -0.05) is 15.9 Å². The number of halogens is 1. The van der Waals surface area contributed by atoms with Crippen LogP contribution < -0.4 is 4.74 Å². The molecule has 2 atom stereocenters. The number of nitrogens with zero attached hydrogens (tertiary/aromatic N) is 1. The molecule has 20 heavy (non-hydrogen) atoms. The van der Waals surface area contributed by atoms with Gasteiger partial charge in [0.15, 0.2) is 0 Å². The first kappa shape index (κ1) is 12.7. The SMILES string of the molecule is O=C(c1ccc2c(c1)CCO2)N1C2CCC1CC(Br)C2. The molecule has 3 heterocycles. The number of carbonyl (C=O) groups is 1. The second-order valence-corrected chi connectivity index (χ2v) is 7.38. The van der Waals surface area contributed by atoms with Gasteiger partial charge in [-0.05, 0) is 49.4 Å². The summed E-state index contributed by atoms with van der Waals surface area (Å²) in [5.41, 5.74) is 2.01. The predicted molar refractivity (Wildman–Crippen MR) is 80.6 cm³/mol. The number of rotatable bonds is 1. The maximum atomic E-state index is 12.8. The second kappa shape index (κ2) is 4.76. The molecule has 2 unspecified atom stereocenters. The highest BCUT2D eigenvalue weighted by atomic mass is 79.9. The van der Waals surface area contributed by atoms with E-state index in [2.05, 4.69) is 20.8 Å². The molecule has 2 fully saturated rings. The first-order valence-corrected chi connectivity index (χ1v) is 8.36. The largest absolute Gasteiger partial charge is 0.493 e. The molecule has 0 N–H and O–H groups in total. The molecule has 2 saturated heterocycles. The maximum Gasteiger partial charge on any atom is 0.254 e. The Hall–Kier alpha value is -1.03. The van der Waals surface area contributed by atoms with Crippen molar-refractivity contribution in [3.63, 3.8) is 0 Å². The van der Waals surface area contributed by atoms with Crippen LogP contribution in [0.4, 0.5) is 0 Å². The van der Waals surface area contributed by atoms with Gasteiger partial charge in [0.1, 0.15) is 5.75 Å². The fraction of sp³-hybridized carbons (Fsp3) is 0.562. The molecule has 4 heteroatoms. The Morgan fingerprint density at radius 1 is 1.25 bits per heavy atom. The molecular formula is C16H18BrNO2. The zero-order chi connectivity index (χ0) is 13.7. The summed E-state index contributed by atoms with van der Waals surface area (Å²) in [4.78, 5) is 15.6. The zero-order valence-electron chi connectivity index (χ0n) is 11.3. The minimum atomic E-state index is 0.214. The van der Waals surface area contributed by atoms with Crippen LogP contribution in [0.25, 0.3) is 0 Å². The summed E-state index contributed by atoms with van der Waals surface area (Å²) in [6, 6.07) is 6.76. The van der Waals surface area contributed by atoms with Crippen LogP contribution in [0.15, 0.2) is 18.2 Å². The summed E-state index contributed by atoms with van der Waals surface area (Å²) in [6.07, 6.45) is 5.43. The molecule has 3 nitrogen and oxygen atoms in total. The fourth-order valence-corrected chi connectivity index (χ4v) is 4.77. The van der Waals surface area contributed by atoms with Crippen LogP contribution in [0.5, 0.6) is 5.75 Å². The number of hydrogen-bond acceptors (Lipinski definition) is 2. The minimum Gasteiger partial charge on any atom is -0.493 e. The highest BCUT2D eigenvalue weighted by Crippen LogP contribution is 2.39. The molecule has 2 bridgehead atoms. The number of hydrogen-bond donors (Lipinski definition) is 0. The smallest absolute Gasteiger partial charge is 0.254 e. The lowest BCUT2D eigenvalue weighted by Gasteiger charge is -2.37. The Bertz CT molecular complexity index is 545. The molecule has 1 aromatic carbocycles. The molecule has 4 rings (SSSR count). The van der Waals surface area contributed by atoms with E-state index in [1.807, 2.05) is 18.2 Å². The van der Waals surface area contributed by atoms with Crippen LogP contribution in [0.2, 0.25) is 0 Å². The molecule has 106 valence electrons. The molecule has 3 aliphatic rings. The van der Waals surface area contributed by atoms with E-state index in [0.717, 1.165) is 50.0 Å². The molecular weight excluding hydrogens is 318 g/mol.